The standard InChI is InChI=1S/C24H22N2O/c1-27-18-13-11-16(12-14-18)20-15-25-23(17-7-3-2-4-8-17)24-22(20)19-9-5-6-10-21(19)26-24/h2-14,20,23,25-26H,15H2,1H3/p+1/t20-,23-/m0/s1. The van der Waals surface area contributed by atoms with Crippen LogP contribution >= 0.6 is 0 Å². The van der Waals surface area contributed by atoms with E-state index in [1.165, 1.54) is 33.3 Å². The molecule has 4 aromatic rings. The molecule has 0 bridgehead atoms. The number of para-hydroxylation sites is 1. The summed E-state index contributed by atoms with van der Waals surface area (Å²) in [6.07, 6.45) is 0. The number of fused-ring (bicyclic) bond motifs is 3. The van der Waals surface area contributed by atoms with E-state index in [0.717, 1.165) is 12.3 Å². The molecule has 0 saturated heterocycles. The number of methoxy groups -OCH3 is 1. The molecule has 0 amide bonds. The number of aromatic nitrogens is 1. The number of benzene rings is 3. The highest BCUT2D eigenvalue weighted by atomic mass is 16.5. The van der Waals surface area contributed by atoms with Crippen LogP contribution in [0.5, 0.6) is 5.75 Å². The Balaban J connectivity index is 1.67. The summed E-state index contributed by atoms with van der Waals surface area (Å²) in [7, 11) is 1.71. The van der Waals surface area contributed by atoms with Gasteiger partial charge >= 0.3 is 0 Å². The van der Waals surface area contributed by atoms with Gasteiger partial charge in [0.05, 0.1) is 25.3 Å². The maximum Gasteiger partial charge on any atom is 0.153 e. The maximum absolute atomic E-state index is 5.34. The van der Waals surface area contributed by atoms with Crippen LogP contribution in [0.2, 0.25) is 0 Å². The molecule has 3 nitrogen and oxygen atoms in total. The van der Waals surface area contributed by atoms with Crippen LogP contribution in [0.25, 0.3) is 10.9 Å². The molecule has 5 rings (SSSR count). The predicted molar refractivity (Wildman–Crippen MR) is 108 cm³/mol. The van der Waals surface area contributed by atoms with Crippen molar-refractivity contribution in [1.29, 1.82) is 0 Å². The molecule has 0 saturated carbocycles. The fraction of sp³-hybridized carbons (Fsp3) is 0.167. The predicted octanol–water partition coefficient (Wildman–Crippen LogP) is 3.97. The van der Waals surface area contributed by atoms with Crippen molar-refractivity contribution in [2.75, 3.05) is 13.7 Å². The third-order valence-electron chi connectivity index (χ3n) is 5.72. The highest BCUT2D eigenvalue weighted by Gasteiger charge is 2.35. The third-order valence-corrected chi connectivity index (χ3v) is 5.72. The van der Waals surface area contributed by atoms with E-state index in [2.05, 4.69) is 89.2 Å². The minimum atomic E-state index is 0.308. The summed E-state index contributed by atoms with van der Waals surface area (Å²) in [6, 6.07) is 28.3. The summed E-state index contributed by atoms with van der Waals surface area (Å²) < 4.78 is 5.34. The second kappa shape index (κ2) is 6.60. The monoisotopic (exact) mass is 355 g/mol. The zero-order chi connectivity index (χ0) is 18.2. The van der Waals surface area contributed by atoms with Crippen LogP contribution < -0.4 is 10.1 Å². The van der Waals surface area contributed by atoms with Crippen molar-refractivity contribution in [3.05, 3.63) is 101 Å². The quantitative estimate of drug-likeness (QED) is 0.574. The molecule has 0 spiro atoms. The van der Waals surface area contributed by atoms with Gasteiger partial charge in [-0.2, -0.15) is 0 Å². The molecule has 134 valence electrons. The smallest absolute Gasteiger partial charge is 0.153 e. The van der Waals surface area contributed by atoms with E-state index in [0.29, 0.717) is 12.0 Å². The molecular weight excluding hydrogens is 332 g/mol. The molecular formula is C24H23N2O+. The molecule has 1 aliphatic heterocycles. The number of nitrogens with one attached hydrogen (secondary N) is 1. The van der Waals surface area contributed by atoms with Gasteiger partial charge in [-0.25, -0.2) is 0 Å². The van der Waals surface area contributed by atoms with Gasteiger partial charge in [-0.1, -0.05) is 60.7 Å². The summed E-state index contributed by atoms with van der Waals surface area (Å²) in [5.41, 5.74) is 6.67. The largest absolute Gasteiger partial charge is 0.497 e. The van der Waals surface area contributed by atoms with Crippen molar-refractivity contribution in [3.63, 3.8) is 0 Å². The summed E-state index contributed by atoms with van der Waals surface area (Å²) >= 11 is 0. The SMILES string of the molecule is COc1ccc([C@@H]2C[NH2+][C@@H](c3ccccc3)c3[nH]c4ccccc4c32)cc1. The van der Waals surface area contributed by atoms with Crippen molar-refractivity contribution in [2.45, 2.75) is 12.0 Å². The molecule has 2 heterocycles. The van der Waals surface area contributed by atoms with Crippen molar-refractivity contribution in [2.24, 2.45) is 0 Å². The first kappa shape index (κ1) is 16.2. The molecule has 0 unspecified atom stereocenters. The fourth-order valence-electron chi connectivity index (χ4n) is 4.42. The zero-order valence-corrected chi connectivity index (χ0v) is 15.4. The minimum absolute atomic E-state index is 0.308. The number of hydrogen-bond donors (Lipinski definition) is 2. The van der Waals surface area contributed by atoms with Gasteiger partial charge in [0.25, 0.3) is 0 Å². The second-order valence-corrected chi connectivity index (χ2v) is 7.18. The Labute approximate surface area is 159 Å². The molecule has 1 aliphatic rings. The number of rotatable bonds is 3. The minimum Gasteiger partial charge on any atom is -0.497 e. The maximum atomic E-state index is 5.34. The van der Waals surface area contributed by atoms with E-state index < -0.39 is 0 Å². The van der Waals surface area contributed by atoms with Crippen LogP contribution in [-0.4, -0.2) is 18.6 Å². The summed E-state index contributed by atoms with van der Waals surface area (Å²) in [5, 5.41) is 3.80. The topological polar surface area (TPSA) is 41.6 Å². The van der Waals surface area contributed by atoms with E-state index in [9.17, 15) is 0 Å². The lowest BCUT2D eigenvalue weighted by Crippen LogP contribution is -2.88. The molecule has 0 aliphatic carbocycles. The first-order chi connectivity index (χ1) is 13.3. The average molecular weight is 355 g/mol. The molecule has 0 fully saturated rings. The molecule has 1 aromatic heterocycles. The van der Waals surface area contributed by atoms with Crippen molar-refractivity contribution < 1.29 is 10.1 Å². The van der Waals surface area contributed by atoms with Gasteiger partial charge in [0.1, 0.15) is 5.75 Å². The summed E-state index contributed by atoms with van der Waals surface area (Å²) in [6.45, 7) is 1.03. The third kappa shape index (κ3) is 2.71. The van der Waals surface area contributed by atoms with Crippen LogP contribution in [0.1, 0.15) is 34.3 Å². The zero-order valence-electron chi connectivity index (χ0n) is 15.4. The summed E-state index contributed by atoms with van der Waals surface area (Å²) in [5.74, 6) is 1.27. The Morgan fingerprint density at radius 3 is 2.37 bits per heavy atom. The lowest BCUT2D eigenvalue weighted by atomic mass is 9.83. The Morgan fingerprint density at radius 1 is 0.852 bits per heavy atom. The van der Waals surface area contributed by atoms with Gasteiger partial charge in [0, 0.05) is 22.0 Å². The molecule has 3 aromatic carbocycles. The Morgan fingerprint density at radius 2 is 1.59 bits per heavy atom. The molecule has 3 N–H and O–H groups in total. The highest BCUT2D eigenvalue weighted by molar-refractivity contribution is 5.86. The van der Waals surface area contributed by atoms with Gasteiger partial charge in [-0.15, -0.1) is 0 Å². The van der Waals surface area contributed by atoms with Crippen molar-refractivity contribution >= 4 is 10.9 Å². The van der Waals surface area contributed by atoms with Crippen LogP contribution in [0.4, 0.5) is 0 Å². The Kier molecular flexibility index (Phi) is 3.95. The molecule has 2 atom stereocenters. The number of hydrogen-bond acceptors (Lipinski definition) is 1. The first-order valence-corrected chi connectivity index (χ1v) is 9.48. The molecule has 3 heteroatoms. The summed E-state index contributed by atoms with van der Waals surface area (Å²) in [4.78, 5) is 3.73. The Hall–Kier alpha value is -3.04. The van der Waals surface area contributed by atoms with Crippen LogP contribution in [0, 0.1) is 0 Å². The van der Waals surface area contributed by atoms with Gasteiger partial charge < -0.3 is 15.0 Å². The Bertz CT molecular complexity index is 1070. The van der Waals surface area contributed by atoms with E-state index in [1.54, 1.807) is 7.11 Å². The van der Waals surface area contributed by atoms with Crippen LogP contribution in [0.15, 0.2) is 78.9 Å². The van der Waals surface area contributed by atoms with Gasteiger partial charge in [0.15, 0.2) is 6.04 Å². The van der Waals surface area contributed by atoms with Crippen LogP contribution in [-0.2, 0) is 0 Å². The fourth-order valence-corrected chi connectivity index (χ4v) is 4.42. The number of quaternary nitrogens is 1. The van der Waals surface area contributed by atoms with Gasteiger partial charge in [-0.3, -0.25) is 0 Å². The van der Waals surface area contributed by atoms with Gasteiger partial charge in [0.2, 0.25) is 0 Å². The van der Waals surface area contributed by atoms with E-state index in [4.69, 9.17) is 4.74 Å². The molecule has 27 heavy (non-hydrogen) atoms. The molecule has 0 radical (unpaired) electrons. The lowest BCUT2D eigenvalue weighted by Gasteiger charge is -2.28. The number of H-pyrrole nitrogens is 1. The van der Waals surface area contributed by atoms with Crippen LogP contribution in [0.3, 0.4) is 0 Å². The van der Waals surface area contributed by atoms with E-state index >= 15 is 0 Å². The first-order valence-electron chi connectivity index (χ1n) is 9.48. The highest BCUT2D eigenvalue weighted by Crippen LogP contribution is 2.39. The van der Waals surface area contributed by atoms with Crippen molar-refractivity contribution in [1.82, 2.24) is 4.98 Å². The van der Waals surface area contributed by atoms with Gasteiger partial charge in [-0.05, 0) is 23.8 Å². The van der Waals surface area contributed by atoms with E-state index in [-0.39, 0.29) is 0 Å². The van der Waals surface area contributed by atoms with E-state index in [1.807, 2.05) is 0 Å². The number of ether oxygens (including phenoxy) is 1. The van der Waals surface area contributed by atoms with Crippen molar-refractivity contribution in [3.8, 4) is 5.75 Å². The number of aromatic amines is 1. The second-order valence-electron chi connectivity index (χ2n) is 7.18. The number of nitrogens with two attached hydrogens (primary N) is 1. The normalized spacial score (nSPS) is 19.0. The average Bonchev–Trinajstić information content (AvgIpc) is 3.13. The lowest BCUT2D eigenvalue weighted by molar-refractivity contribution is -0.692.